The van der Waals surface area contributed by atoms with Crippen LogP contribution in [0.4, 0.5) is 8.78 Å². The molecule has 0 heterocycles. The average molecular weight is 597 g/mol. The Balaban J connectivity index is 5.78. The van der Waals surface area contributed by atoms with Gasteiger partial charge in [0, 0.05) is 88.5 Å². The van der Waals surface area contributed by atoms with Crippen molar-refractivity contribution in [2.75, 3.05) is 64.0 Å². The minimum absolute atomic E-state index is 0.101. The highest BCUT2D eigenvalue weighted by Crippen LogP contribution is 2.37. The summed E-state index contributed by atoms with van der Waals surface area (Å²) in [5.41, 5.74) is 0. The second-order valence-electron chi connectivity index (χ2n) is 8.88. The summed E-state index contributed by atoms with van der Waals surface area (Å²) >= 11 is 0. The third-order valence-corrected chi connectivity index (χ3v) is 21.3. The molecule has 0 aromatic carbocycles. The average Bonchev–Trinajstić information content (AvgIpc) is 2.91. The maximum Gasteiger partial charge on any atom is 0.500 e. The molecule has 0 fully saturated rings. The van der Waals surface area contributed by atoms with Crippen LogP contribution >= 0.6 is 0 Å². The third kappa shape index (κ3) is 11.6. The van der Waals surface area contributed by atoms with Crippen molar-refractivity contribution < 1.29 is 48.6 Å². The van der Waals surface area contributed by atoms with Crippen molar-refractivity contribution in [1.29, 1.82) is 0 Å². The summed E-state index contributed by atoms with van der Waals surface area (Å²) in [4.78, 5) is 0. The van der Waals surface area contributed by atoms with Gasteiger partial charge in [-0.2, -0.15) is 0 Å². The van der Waals surface area contributed by atoms with Crippen LogP contribution in [0.5, 0.6) is 0 Å². The first-order valence-corrected chi connectivity index (χ1v) is 21.0. The van der Waals surface area contributed by atoms with Crippen molar-refractivity contribution in [2.45, 2.75) is 74.4 Å². The van der Waals surface area contributed by atoms with Crippen LogP contribution in [0.25, 0.3) is 0 Å². The van der Waals surface area contributed by atoms with E-state index >= 15 is 0 Å². The molecule has 0 unspecified atom stereocenters. The monoisotopic (exact) mass is 596 g/mol. The lowest BCUT2D eigenvalue weighted by Gasteiger charge is -2.35. The van der Waals surface area contributed by atoms with Crippen LogP contribution in [0, 0.1) is 0 Å². The summed E-state index contributed by atoms with van der Waals surface area (Å²) in [5, 5.41) is 0. The van der Waals surface area contributed by atoms with Crippen molar-refractivity contribution in [2.24, 2.45) is 0 Å². The number of rotatable bonds is 24. The molecule has 0 aliphatic rings. The molecule has 15 heteroatoms. The lowest BCUT2D eigenvalue weighted by molar-refractivity contribution is 0.123. The Morgan fingerprint density at radius 3 is 0.861 bits per heavy atom. The van der Waals surface area contributed by atoms with Crippen molar-refractivity contribution >= 4 is 34.5 Å². The summed E-state index contributed by atoms with van der Waals surface area (Å²) in [7, 11) is 3.90. The Bertz CT molecular complexity index is 466. The summed E-state index contributed by atoms with van der Waals surface area (Å²) in [6.07, 6.45) is -0.0609. The number of hydrogen-bond acceptors (Lipinski definition) is 9. The van der Waals surface area contributed by atoms with Gasteiger partial charge in [0.1, 0.15) is 0 Å². The number of alkyl halides is 2. The third-order valence-electron chi connectivity index (χ3n) is 7.26. The first kappa shape index (κ1) is 36.4. The van der Waals surface area contributed by atoms with Crippen LogP contribution < -0.4 is 0 Å². The number of hydrogen-bond donors (Lipinski definition) is 0. The molecular formula is C21H50F2O9Si4. The first-order chi connectivity index (χ1) is 17.1. The van der Waals surface area contributed by atoms with E-state index in [9.17, 15) is 8.78 Å². The largest absolute Gasteiger partial charge is 0.500 e. The first-order valence-electron chi connectivity index (χ1n) is 12.3. The van der Waals surface area contributed by atoms with Crippen LogP contribution in [0.1, 0.15) is 25.7 Å². The number of halogens is 2. The molecule has 0 bridgehead atoms. The van der Waals surface area contributed by atoms with Crippen LogP contribution in [-0.2, 0) is 39.8 Å². The lowest BCUT2D eigenvalue weighted by Crippen LogP contribution is -2.45. The van der Waals surface area contributed by atoms with Gasteiger partial charge in [0.05, 0.1) is 8.07 Å². The van der Waals surface area contributed by atoms with Gasteiger partial charge < -0.3 is 39.8 Å². The highest BCUT2D eigenvalue weighted by atomic mass is 28.4. The molecule has 0 amide bonds. The van der Waals surface area contributed by atoms with Gasteiger partial charge in [-0.25, -0.2) is 8.78 Å². The van der Waals surface area contributed by atoms with Crippen molar-refractivity contribution in [3.63, 3.8) is 0 Å². The van der Waals surface area contributed by atoms with Gasteiger partial charge in [-0.3, -0.25) is 0 Å². The van der Waals surface area contributed by atoms with E-state index in [0.29, 0.717) is 24.2 Å². The van der Waals surface area contributed by atoms with Crippen molar-refractivity contribution in [3.05, 3.63) is 0 Å². The molecular weight excluding hydrogens is 547 g/mol. The molecule has 0 aliphatic carbocycles. The van der Waals surface area contributed by atoms with E-state index < -0.39 is 40.9 Å². The van der Waals surface area contributed by atoms with E-state index in [1.54, 1.807) is 64.0 Å². The molecule has 0 saturated heterocycles. The molecule has 0 radical (unpaired) electrons. The maximum atomic E-state index is 13.5. The summed E-state index contributed by atoms with van der Waals surface area (Å²) in [6.45, 7) is 0. The van der Waals surface area contributed by atoms with Gasteiger partial charge in [0.25, 0.3) is 0 Å². The van der Waals surface area contributed by atoms with Gasteiger partial charge in [-0.15, -0.1) is 0 Å². The van der Waals surface area contributed by atoms with Gasteiger partial charge in [-0.05, 0) is 0 Å². The minimum atomic E-state index is -2.75. The van der Waals surface area contributed by atoms with E-state index in [1.807, 2.05) is 0 Å². The normalized spacial score (nSPS) is 13.7. The van der Waals surface area contributed by atoms with E-state index in [0.717, 1.165) is 37.4 Å². The molecule has 218 valence electrons. The topological polar surface area (TPSA) is 83.1 Å². The molecule has 0 rings (SSSR count). The van der Waals surface area contributed by atoms with Crippen molar-refractivity contribution in [3.8, 4) is 0 Å². The van der Waals surface area contributed by atoms with Crippen molar-refractivity contribution in [1.82, 2.24) is 0 Å². The van der Waals surface area contributed by atoms with Gasteiger partial charge in [-0.1, -0.05) is 43.4 Å². The molecule has 0 atom stereocenters. The Morgan fingerprint density at radius 1 is 0.417 bits per heavy atom. The SMILES string of the molecule is CO[Si](CCC[Si](CCC[Si](OC)(OC)OC)(CCC[Si](OC)(OC)OC)CCC(F)F)(OC)OC. The zero-order chi connectivity index (χ0) is 27.7. The predicted molar refractivity (Wildman–Crippen MR) is 144 cm³/mol. The lowest BCUT2D eigenvalue weighted by atomic mass is 10.5. The van der Waals surface area contributed by atoms with Gasteiger partial charge >= 0.3 is 26.4 Å². The Labute approximate surface area is 221 Å². The molecule has 9 nitrogen and oxygen atoms in total. The Kier molecular flexibility index (Phi) is 18.8. The molecule has 0 aromatic rings. The summed E-state index contributed by atoms with van der Waals surface area (Å²) in [5.74, 6) is 0. The van der Waals surface area contributed by atoms with Crippen LogP contribution in [0.2, 0.25) is 42.3 Å². The molecule has 0 aliphatic heterocycles. The molecule has 36 heavy (non-hydrogen) atoms. The second-order valence-corrected chi connectivity index (χ2v) is 23.1. The van der Waals surface area contributed by atoms with Crippen LogP contribution in [-0.4, -0.2) is 105 Å². The van der Waals surface area contributed by atoms with E-state index in [4.69, 9.17) is 39.8 Å². The highest BCUT2D eigenvalue weighted by molar-refractivity contribution is 6.80. The summed E-state index contributed by atoms with van der Waals surface area (Å²) < 4.78 is 77.2. The van der Waals surface area contributed by atoms with Crippen LogP contribution in [0.3, 0.4) is 0 Å². The van der Waals surface area contributed by atoms with E-state index in [-0.39, 0.29) is 6.42 Å². The molecule has 0 saturated carbocycles. The quantitative estimate of drug-likeness (QED) is 0.145. The fraction of sp³-hybridized carbons (Fsp3) is 1.00. The predicted octanol–water partition coefficient (Wildman–Crippen LogP) is 4.90. The fourth-order valence-corrected chi connectivity index (χ4v) is 16.2. The summed E-state index contributed by atoms with van der Waals surface area (Å²) in [6, 6.07) is 5.06. The Hall–Kier alpha value is 0.368. The maximum absolute atomic E-state index is 13.5. The smallest absolute Gasteiger partial charge is 0.377 e. The van der Waals surface area contributed by atoms with Gasteiger partial charge in [0.15, 0.2) is 0 Å². The van der Waals surface area contributed by atoms with Crippen LogP contribution in [0.15, 0.2) is 0 Å². The van der Waals surface area contributed by atoms with E-state index in [1.165, 1.54) is 0 Å². The van der Waals surface area contributed by atoms with E-state index in [2.05, 4.69) is 0 Å². The molecule has 0 spiro atoms. The standard InChI is InChI=1S/C21H50F2O9Si4/c1-24-34(25-2,26-3)17-10-14-33(20-13-21(22)23,15-11-18-35(27-4,28-5)29-6)16-12-19-36(30-7,31-8)32-9/h21H,10-20H2,1-9H3. The molecule has 0 aromatic heterocycles. The zero-order valence-corrected chi connectivity index (χ0v) is 27.8. The zero-order valence-electron chi connectivity index (χ0n) is 23.8. The highest BCUT2D eigenvalue weighted by Gasteiger charge is 2.43. The van der Waals surface area contributed by atoms with Gasteiger partial charge in [0.2, 0.25) is 6.43 Å². The molecule has 0 N–H and O–H groups in total. The Morgan fingerprint density at radius 2 is 0.667 bits per heavy atom. The second kappa shape index (κ2) is 18.6. The minimum Gasteiger partial charge on any atom is -0.377 e. The fourth-order valence-electron chi connectivity index (χ4n) is 4.87.